The molecule has 5 heterocycles. The van der Waals surface area contributed by atoms with Crippen LogP contribution >= 0.6 is 11.6 Å². The van der Waals surface area contributed by atoms with Crippen LogP contribution in [-0.4, -0.2) is 112 Å². The lowest BCUT2D eigenvalue weighted by Crippen LogP contribution is -2.52. The standard InChI is InChI=1S/C36H46ClN7O4/c37-30-22-25(21-27-24-38-40-33(27)30)23-32(34(45)42-16-10-28(11-17-42)41-14-5-1-2-6-15-41)48-36(47)43-18-12-29(13-19-43)44-20-9-26-7-3-4-8-31(26)39-35(44)46/h3-4,7-8,21-22,24,28-29,32H,1-2,5-6,9-20,23H2,(H,38,40)(H,39,46)/t32-/m1/s1. The number of hydrogen-bond donors (Lipinski definition) is 2. The van der Waals surface area contributed by atoms with E-state index in [4.69, 9.17) is 16.3 Å². The van der Waals surface area contributed by atoms with Gasteiger partial charge in [-0.25, -0.2) is 9.59 Å². The van der Waals surface area contributed by atoms with Gasteiger partial charge in [0.25, 0.3) is 5.91 Å². The van der Waals surface area contributed by atoms with Gasteiger partial charge in [-0.05, 0) is 87.4 Å². The number of aromatic nitrogens is 2. The minimum absolute atomic E-state index is 0.0233. The third-order valence-corrected chi connectivity index (χ3v) is 11.0. The summed E-state index contributed by atoms with van der Waals surface area (Å²) in [4.78, 5) is 48.9. The normalized spacial score (nSPS) is 20.9. The molecule has 2 aromatic carbocycles. The Bertz CT molecular complexity index is 1610. The van der Waals surface area contributed by atoms with Crippen molar-refractivity contribution in [1.29, 1.82) is 0 Å². The van der Waals surface area contributed by atoms with Crippen molar-refractivity contribution in [3.63, 3.8) is 0 Å². The van der Waals surface area contributed by atoms with Crippen molar-refractivity contribution in [2.24, 2.45) is 0 Å². The monoisotopic (exact) mass is 675 g/mol. The number of halogens is 1. The van der Waals surface area contributed by atoms with E-state index < -0.39 is 12.2 Å². The summed E-state index contributed by atoms with van der Waals surface area (Å²) in [5.74, 6) is -0.156. The predicted octanol–water partition coefficient (Wildman–Crippen LogP) is 5.69. The first-order valence-corrected chi connectivity index (χ1v) is 18.1. The summed E-state index contributed by atoms with van der Waals surface area (Å²) >= 11 is 6.55. The van der Waals surface area contributed by atoms with Gasteiger partial charge in [0.05, 0.1) is 16.7 Å². The van der Waals surface area contributed by atoms with E-state index in [0.29, 0.717) is 56.6 Å². The van der Waals surface area contributed by atoms with Crippen molar-refractivity contribution in [3.8, 4) is 0 Å². The number of likely N-dealkylation sites (tertiary alicyclic amines) is 3. The third-order valence-electron chi connectivity index (χ3n) is 10.7. The summed E-state index contributed by atoms with van der Waals surface area (Å²) in [5, 5.41) is 11.4. The van der Waals surface area contributed by atoms with E-state index in [9.17, 15) is 14.4 Å². The summed E-state index contributed by atoms with van der Waals surface area (Å²) < 4.78 is 6.09. The van der Waals surface area contributed by atoms with Gasteiger partial charge < -0.3 is 29.7 Å². The lowest BCUT2D eigenvalue weighted by molar-refractivity contribution is -0.142. The molecule has 0 aliphatic carbocycles. The second-order valence-corrected chi connectivity index (χ2v) is 14.2. The van der Waals surface area contributed by atoms with Crippen LogP contribution in [0.3, 0.4) is 0 Å². The van der Waals surface area contributed by atoms with Gasteiger partial charge in [-0.1, -0.05) is 42.6 Å². The van der Waals surface area contributed by atoms with Gasteiger partial charge in [0.1, 0.15) is 0 Å². The highest BCUT2D eigenvalue weighted by Crippen LogP contribution is 2.28. The van der Waals surface area contributed by atoms with Crippen LogP contribution in [0.5, 0.6) is 0 Å². The fraction of sp³-hybridized carbons (Fsp3) is 0.556. The zero-order valence-corrected chi connectivity index (χ0v) is 28.3. The molecule has 1 aromatic heterocycles. The number of ether oxygens (including phenoxy) is 1. The van der Waals surface area contributed by atoms with Crippen LogP contribution in [0.2, 0.25) is 5.02 Å². The van der Waals surface area contributed by atoms with E-state index in [1.807, 2.05) is 40.1 Å². The molecule has 7 rings (SSSR count). The van der Waals surface area contributed by atoms with Crippen LogP contribution in [0.1, 0.15) is 62.5 Å². The number of carbonyl (C=O) groups excluding carboxylic acids is 3. The van der Waals surface area contributed by atoms with E-state index >= 15 is 0 Å². The fourth-order valence-corrected chi connectivity index (χ4v) is 8.29. The largest absolute Gasteiger partial charge is 0.436 e. The molecule has 48 heavy (non-hydrogen) atoms. The van der Waals surface area contributed by atoms with Gasteiger partial charge in [0, 0.05) is 62.3 Å². The molecule has 2 N–H and O–H groups in total. The maximum atomic E-state index is 14.1. The maximum Gasteiger partial charge on any atom is 0.410 e. The van der Waals surface area contributed by atoms with Gasteiger partial charge in [-0.3, -0.25) is 9.89 Å². The average molecular weight is 676 g/mol. The molecule has 12 heteroatoms. The number of rotatable bonds is 6. The van der Waals surface area contributed by atoms with Crippen molar-refractivity contribution in [2.75, 3.05) is 51.1 Å². The lowest BCUT2D eigenvalue weighted by Gasteiger charge is -2.40. The number of anilines is 1. The highest BCUT2D eigenvalue weighted by molar-refractivity contribution is 6.35. The van der Waals surface area contributed by atoms with Crippen LogP contribution < -0.4 is 5.32 Å². The van der Waals surface area contributed by atoms with Crippen LogP contribution in [0.15, 0.2) is 42.6 Å². The molecular weight excluding hydrogens is 630 g/mol. The number of benzene rings is 2. The molecule has 1 atom stereocenters. The van der Waals surface area contributed by atoms with Crippen molar-refractivity contribution in [3.05, 3.63) is 58.7 Å². The fourth-order valence-electron chi connectivity index (χ4n) is 7.99. The minimum atomic E-state index is -0.972. The Balaban J connectivity index is 0.999. The number of para-hydroxylation sites is 1. The average Bonchev–Trinajstić information content (AvgIpc) is 3.32. The number of hydrogen-bond acceptors (Lipinski definition) is 6. The third kappa shape index (κ3) is 7.27. The maximum absolute atomic E-state index is 14.1. The molecule has 0 saturated carbocycles. The molecule has 3 saturated heterocycles. The van der Waals surface area contributed by atoms with Crippen LogP contribution in [0, 0.1) is 0 Å². The van der Waals surface area contributed by atoms with E-state index in [0.717, 1.165) is 60.1 Å². The van der Waals surface area contributed by atoms with Crippen LogP contribution in [-0.2, 0) is 22.4 Å². The second kappa shape index (κ2) is 14.7. The highest BCUT2D eigenvalue weighted by atomic mass is 35.5. The number of piperidine rings is 2. The molecule has 256 valence electrons. The zero-order chi connectivity index (χ0) is 33.0. The van der Waals surface area contributed by atoms with Gasteiger partial charge in [-0.15, -0.1) is 0 Å². The van der Waals surface area contributed by atoms with Gasteiger partial charge >= 0.3 is 12.1 Å². The molecule has 4 aliphatic rings. The Kier molecular flexibility index (Phi) is 10.0. The van der Waals surface area contributed by atoms with E-state index in [1.54, 1.807) is 11.1 Å². The first kappa shape index (κ1) is 32.7. The summed E-state index contributed by atoms with van der Waals surface area (Å²) in [6, 6.07) is 12.1. The van der Waals surface area contributed by atoms with Gasteiger partial charge in [-0.2, -0.15) is 5.10 Å². The first-order chi connectivity index (χ1) is 23.4. The molecule has 3 aromatic rings. The van der Waals surface area contributed by atoms with Crippen LogP contribution in [0.4, 0.5) is 15.3 Å². The topological polar surface area (TPSA) is 114 Å². The van der Waals surface area contributed by atoms with E-state index in [2.05, 4.69) is 26.5 Å². The summed E-state index contributed by atoms with van der Waals surface area (Å²) in [5.41, 5.74) is 3.54. The van der Waals surface area contributed by atoms with E-state index in [-0.39, 0.29) is 24.4 Å². The Morgan fingerprint density at radius 1 is 0.896 bits per heavy atom. The smallest absolute Gasteiger partial charge is 0.410 e. The van der Waals surface area contributed by atoms with Crippen LogP contribution in [0.25, 0.3) is 10.9 Å². The Morgan fingerprint density at radius 2 is 1.60 bits per heavy atom. The Hall–Kier alpha value is -3.83. The van der Waals surface area contributed by atoms with Crippen molar-refractivity contribution in [2.45, 2.75) is 82.4 Å². The SMILES string of the molecule is O=C(O[C@H](Cc1cc(Cl)c2[nH]ncc2c1)C(=O)N1CCC(N2CCCCCC2)CC1)N1CCC(N2CCc3ccccc3NC2=O)CC1. The molecule has 0 unspecified atom stereocenters. The molecule has 4 amide bonds. The van der Waals surface area contributed by atoms with Gasteiger partial charge in [0.2, 0.25) is 0 Å². The summed E-state index contributed by atoms with van der Waals surface area (Å²) in [6.45, 7) is 5.13. The number of carbonyl (C=O) groups is 3. The molecule has 4 aliphatic heterocycles. The molecule has 3 fully saturated rings. The highest BCUT2D eigenvalue weighted by Gasteiger charge is 2.36. The molecule has 0 radical (unpaired) electrons. The quantitative estimate of drug-likeness (QED) is 0.347. The molecule has 11 nitrogen and oxygen atoms in total. The number of nitrogens with zero attached hydrogens (tertiary/aromatic N) is 5. The summed E-state index contributed by atoms with van der Waals surface area (Å²) in [7, 11) is 0. The number of amides is 4. The zero-order valence-electron chi connectivity index (χ0n) is 27.5. The Morgan fingerprint density at radius 3 is 2.38 bits per heavy atom. The number of nitrogens with one attached hydrogen (secondary N) is 2. The Labute approximate surface area is 286 Å². The molecular formula is C36H46ClN7O4. The number of fused-ring (bicyclic) bond motifs is 2. The number of H-pyrrole nitrogens is 1. The summed E-state index contributed by atoms with van der Waals surface area (Å²) in [6.07, 6.45) is 9.50. The first-order valence-electron chi connectivity index (χ1n) is 17.7. The van der Waals surface area contributed by atoms with E-state index in [1.165, 1.54) is 25.7 Å². The molecule has 0 spiro atoms. The van der Waals surface area contributed by atoms with Gasteiger partial charge in [0.15, 0.2) is 6.10 Å². The number of urea groups is 1. The second-order valence-electron chi connectivity index (χ2n) is 13.7. The van der Waals surface area contributed by atoms with Crippen molar-refractivity contribution in [1.82, 2.24) is 29.8 Å². The lowest BCUT2D eigenvalue weighted by atomic mass is 10.0. The van der Waals surface area contributed by atoms with Crippen molar-refractivity contribution < 1.29 is 19.1 Å². The number of aromatic amines is 1. The predicted molar refractivity (Wildman–Crippen MR) is 185 cm³/mol. The molecule has 0 bridgehead atoms. The van der Waals surface area contributed by atoms with Crippen molar-refractivity contribution >= 4 is 46.2 Å². The minimum Gasteiger partial charge on any atom is -0.436 e.